The van der Waals surface area contributed by atoms with Crippen molar-refractivity contribution in [3.05, 3.63) is 23.7 Å². The molecule has 136 valence electrons. The molecule has 2 amide bonds. The van der Waals surface area contributed by atoms with Crippen molar-refractivity contribution >= 4 is 6.03 Å². The fourth-order valence-electron chi connectivity index (χ4n) is 3.13. The van der Waals surface area contributed by atoms with Crippen LogP contribution in [0, 0.1) is 18.8 Å². The summed E-state index contributed by atoms with van der Waals surface area (Å²) in [7, 11) is 0. The number of carbonyl (C=O) groups excluding carboxylic acids is 1. The summed E-state index contributed by atoms with van der Waals surface area (Å²) in [6, 6.07) is 3.74. The number of carbonyl (C=O) groups is 1. The minimum Gasteiger partial charge on any atom is -0.464 e. The summed E-state index contributed by atoms with van der Waals surface area (Å²) >= 11 is 0. The molecule has 1 aliphatic rings. The third-order valence-corrected chi connectivity index (χ3v) is 4.32. The van der Waals surface area contributed by atoms with E-state index < -0.39 is 0 Å². The third kappa shape index (κ3) is 5.53. The molecule has 1 saturated heterocycles. The lowest BCUT2D eigenvalue weighted by atomic mass is 9.94. The molecule has 2 rings (SSSR count). The summed E-state index contributed by atoms with van der Waals surface area (Å²) in [5, 5.41) is 12.2. The van der Waals surface area contributed by atoms with E-state index in [2.05, 4.69) is 19.2 Å². The van der Waals surface area contributed by atoms with Crippen LogP contribution in [0.5, 0.6) is 0 Å². The van der Waals surface area contributed by atoms with Gasteiger partial charge < -0.3 is 24.5 Å². The predicted octanol–water partition coefficient (Wildman–Crippen LogP) is 2.72. The molecule has 0 spiro atoms. The van der Waals surface area contributed by atoms with E-state index in [9.17, 15) is 9.90 Å². The van der Waals surface area contributed by atoms with Gasteiger partial charge in [-0.25, -0.2) is 4.79 Å². The van der Waals surface area contributed by atoms with Crippen LogP contribution >= 0.6 is 0 Å². The SMILES string of the molecule is Cc1ccc(C2CN(C(=O)NCC(CCO)CC(C)C)CCO2)o1. The van der Waals surface area contributed by atoms with Crippen LogP contribution in [0.15, 0.2) is 16.5 Å². The van der Waals surface area contributed by atoms with E-state index >= 15 is 0 Å². The number of aryl methyl sites for hydroxylation is 1. The quantitative estimate of drug-likeness (QED) is 0.801. The number of furan rings is 1. The predicted molar refractivity (Wildman–Crippen MR) is 91.8 cm³/mol. The van der Waals surface area contributed by atoms with E-state index in [0.717, 1.165) is 24.4 Å². The third-order valence-electron chi connectivity index (χ3n) is 4.32. The lowest BCUT2D eigenvalue weighted by Crippen LogP contribution is -2.48. The Labute approximate surface area is 144 Å². The van der Waals surface area contributed by atoms with Gasteiger partial charge in [-0.05, 0) is 43.7 Å². The van der Waals surface area contributed by atoms with Crippen LogP contribution in [0.25, 0.3) is 0 Å². The molecule has 0 radical (unpaired) electrons. The zero-order valence-electron chi connectivity index (χ0n) is 15.0. The average molecular weight is 338 g/mol. The summed E-state index contributed by atoms with van der Waals surface area (Å²) in [4.78, 5) is 14.2. The molecule has 6 heteroatoms. The summed E-state index contributed by atoms with van der Waals surface area (Å²) in [6.45, 7) is 8.54. The van der Waals surface area contributed by atoms with Crippen LogP contribution in [0.3, 0.4) is 0 Å². The fraction of sp³-hybridized carbons (Fsp3) is 0.722. The van der Waals surface area contributed by atoms with Crippen LogP contribution in [0.4, 0.5) is 4.79 Å². The van der Waals surface area contributed by atoms with Crippen molar-refractivity contribution in [3.8, 4) is 0 Å². The Morgan fingerprint density at radius 1 is 1.46 bits per heavy atom. The Bertz CT molecular complexity index is 515. The topological polar surface area (TPSA) is 74.9 Å². The van der Waals surface area contributed by atoms with E-state index in [1.54, 1.807) is 4.90 Å². The number of rotatable bonds is 7. The van der Waals surface area contributed by atoms with Crippen molar-refractivity contribution in [3.63, 3.8) is 0 Å². The zero-order chi connectivity index (χ0) is 17.5. The Hall–Kier alpha value is -1.53. The van der Waals surface area contributed by atoms with Gasteiger partial charge in [-0.1, -0.05) is 13.8 Å². The number of nitrogens with one attached hydrogen (secondary N) is 1. The smallest absolute Gasteiger partial charge is 0.317 e. The average Bonchev–Trinajstić information content (AvgIpc) is 2.99. The molecule has 0 saturated carbocycles. The second-order valence-corrected chi connectivity index (χ2v) is 6.95. The van der Waals surface area contributed by atoms with Gasteiger partial charge >= 0.3 is 6.03 Å². The molecular formula is C18H30N2O4. The van der Waals surface area contributed by atoms with Gasteiger partial charge in [-0.3, -0.25) is 0 Å². The Morgan fingerprint density at radius 2 is 2.25 bits per heavy atom. The number of urea groups is 1. The highest BCUT2D eigenvalue weighted by Gasteiger charge is 2.27. The van der Waals surface area contributed by atoms with E-state index in [-0.39, 0.29) is 18.7 Å². The number of amides is 2. The highest BCUT2D eigenvalue weighted by atomic mass is 16.5. The first-order chi connectivity index (χ1) is 11.5. The highest BCUT2D eigenvalue weighted by Crippen LogP contribution is 2.24. The van der Waals surface area contributed by atoms with Gasteiger partial charge in [-0.2, -0.15) is 0 Å². The molecule has 0 aromatic carbocycles. The lowest BCUT2D eigenvalue weighted by molar-refractivity contribution is -0.0264. The minimum absolute atomic E-state index is 0.0710. The lowest BCUT2D eigenvalue weighted by Gasteiger charge is -2.32. The maximum absolute atomic E-state index is 12.4. The summed E-state index contributed by atoms with van der Waals surface area (Å²) in [5.74, 6) is 2.47. The van der Waals surface area contributed by atoms with E-state index in [4.69, 9.17) is 9.15 Å². The summed E-state index contributed by atoms with van der Waals surface area (Å²) in [6.07, 6.45) is 1.51. The van der Waals surface area contributed by atoms with Crippen molar-refractivity contribution in [1.29, 1.82) is 0 Å². The molecule has 2 N–H and O–H groups in total. The van der Waals surface area contributed by atoms with E-state index in [1.807, 2.05) is 19.1 Å². The second kappa shape index (κ2) is 9.08. The molecule has 1 fully saturated rings. The maximum Gasteiger partial charge on any atom is 0.317 e. The van der Waals surface area contributed by atoms with Gasteiger partial charge in [0.25, 0.3) is 0 Å². The molecular weight excluding hydrogens is 308 g/mol. The number of morpholine rings is 1. The number of hydrogen-bond acceptors (Lipinski definition) is 4. The first-order valence-electron chi connectivity index (χ1n) is 8.81. The summed E-state index contributed by atoms with van der Waals surface area (Å²) < 4.78 is 11.3. The van der Waals surface area contributed by atoms with Gasteiger partial charge in [0, 0.05) is 19.7 Å². The largest absolute Gasteiger partial charge is 0.464 e. The number of nitrogens with zero attached hydrogens (tertiary/aromatic N) is 1. The normalized spacial score (nSPS) is 19.5. The molecule has 1 aromatic rings. The van der Waals surface area contributed by atoms with Crippen molar-refractivity contribution in [2.24, 2.45) is 11.8 Å². The van der Waals surface area contributed by atoms with Gasteiger partial charge in [-0.15, -0.1) is 0 Å². The van der Waals surface area contributed by atoms with Crippen LogP contribution < -0.4 is 5.32 Å². The van der Waals surface area contributed by atoms with Crippen LogP contribution in [0.2, 0.25) is 0 Å². The molecule has 2 heterocycles. The van der Waals surface area contributed by atoms with Crippen molar-refractivity contribution in [2.75, 3.05) is 32.8 Å². The summed E-state index contributed by atoms with van der Waals surface area (Å²) in [5.41, 5.74) is 0. The molecule has 6 nitrogen and oxygen atoms in total. The fourth-order valence-corrected chi connectivity index (χ4v) is 3.13. The number of aliphatic hydroxyl groups is 1. The van der Waals surface area contributed by atoms with Gasteiger partial charge in [0.1, 0.15) is 17.6 Å². The molecule has 24 heavy (non-hydrogen) atoms. The number of hydrogen-bond donors (Lipinski definition) is 2. The monoisotopic (exact) mass is 338 g/mol. The number of ether oxygens (including phenoxy) is 1. The first kappa shape index (κ1) is 18.8. The Morgan fingerprint density at radius 3 is 2.88 bits per heavy atom. The standard InChI is InChI=1S/C18H30N2O4/c1-13(2)10-15(6-8-21)11-19-18(22)20-7-9-23-17(12-20)16-5-4-14(3)24-16/h4-5,13,15,17,21H,6-12H2,1-3H3,(H,19,22). The van der Waals surface area contributed by atoms with Crippen LogP contribution in [-0.2, 0) is 4.74 Å². The minimum atomic E-state index is -0.206. The second-order valence-electron chi connectivity index (χ2n) is 6.95. The van der Waals surface area contributed by atoms with Gasteiger partial charge in [0.15, 0.2) is 0 Å². The van der Waals surface area contributed by atoms with E-state index in [0.29, 0.717) is 38.1 Å². The van der Waals surface area contributed by atoms with Gasteiger partial charge in [0.05, 0.1) is 13.2 Å². The van der Waals surface area contributed by atoms with Crippen molar-refractivity contribution in [2.45, 2.75) is 39.7 Å². The molecule has 2 unspecified atom stereocenters. The van der Waals surface area contributed by atoms with Crippen LogP contribution in [-0.4, -0.2) is 48.9 Å². The number of aliphatic hydroxyl groups excluding tert-OH is 1. The zero-order valence-corrected chi connectivity index (χ0v) is 15.0. The van der Waals surface area contributed by atoms with Crippen molar-refractivity contribution in [1.82, 2.24) is 10.2 Å². The molecule has 0 aliphatic carbocycles. The molecule has 0 bridgehead atoms. The Kier molecular flexibility index (Phi) is 7.12. The first-order valence-corrected chi connectivity index (χ1v) is 8.81. The molecule has 2 atom stereocenters. The van der Waals surface area contributed by atoms with Gasteiger partial charge in [0.2, 0.25) is 0 Å². The van der Waals surface area contributed by atoms with E-state index in [1.165, 1.54) is 0 Å². The molecule has 1 aromatic heterocycles. The van der Waals surface area contributed by atoms with Crippen LogP contribution in [0.1, 0.15) is 44.3 Å². The molecule has 1 aliphatic heterocycles. The van der Waals surface area contributed by atoms with Crippen molar-refractivity contribution < 1.29 is 19.1 Å². The maximum atomic E-state index is 12.4. The highest BCUT2D eigenvalue weighted by molar-refractivity contribution is 5.74. The Balaban J connectivity index is 1.84.